The molecule has 4 N–H and O–H groups in total. The Kier molecular flexibility index (Phi) is 6.24. The predicted octanol–water partition coefficient (Wildman–Crippen LogP) is 1.83. The van der Waals surface area contributed by atoms with Crippen molar-refractivity contribution in [1.82, 2.24) is 21.3 Å². The first-order valence-electron chi connectivity index (χ1n) is 9.67. The monoisotopic (exact) mass is 442 g/mol. The molecule has 10 heteroatoms. The first-order valence-corrected chi connectivity index (χ1v) is 10.0. The molecule has 1 unspecified atom stereocenters. The van der Waals surface area contributed by atoms with Gasteiger partial charge in [0, 0.05) is 25.1 Å². The second kappa shape index (κ2) is 8.39. The summed E-state index contributed by atoms with van der Waals surface area (Å²) in [6, 6.07) is 3.13. The molecule has 1 saturated heterocycles. The van der Waals surface area contributed by atoms with E-state index in [0.717, 1.165) is 12.1 Å². The zero-order valence-corrected chi connectivity index (χ0v) is 17.8. The highest BCUT2D eigenvalue weighted by Crippen LogP contribution is 2.37. The van der Waals surface area contributed by atoms with Crippen molar-refractivity contribution in [2.75, 3.05) is 13.1 Å². The fraction of sp³-hybridized carbons (Fsp3) is 0.500. The number of carbonyl (C=O) groups excluding carboxylic acids is 2. The van der Waals surface area contributed by atoms with E-state index < -0.39 is 28.7 Å². The lowest BCUT2D eigenvalue weighted by Crippen LogP contribution is -2.81. The Bertz CT molecular complexity index is 887. The highest BCUT2D eigenvalue weighted by Gasteiger charge is 2.59. The number of benzene rings is 1. The minimum atomic E-state index is -1.12. The standard InChI is InChI=1S/C20H25ClF2N4O3/c1-11(2)20(19(25-12(3)28)6-7-24-10-19)26-17(29)16(21)18(27-20)30-9-13-4-5-14(22)8-15(13)23/h4-5,8,11,24,27H,6-7,9-10H2,1-3H3,(H,25,28)(H,26,29)/t19-,20?/m0/s1. The molecule has 1 aromatic rings. The van der Waals surface area contributed by atoms with Crippen LogP contribution in [0.4, 0.5) is 8.78 Å². The summed E-state index contributed by atoms with van der Waals surface area (Å²) >= 11 is 6.18. The van der Waals surface area contributed by atoms with Gasteiger partial charge in [0.2, 0.25) is 11.8 Å². The maximum absolute atomic E-state index is 14.0. The molecule has 0 radical (unpaired) electrons. The normalized spacial score (nSPS) is 26.4. The van der Waals surface area contributed by atoms with Crippen LogP contribution in [-0.2, 0) is 20.9 Å². The van der Waals surface area contributed by atoms with E-state index >= 15 is 0 Å². The van der Waals surface area contributed by atoms with Gasteiger partial charge in [-0.2, -0.15) is 0 Å². The average Bonchev–Trinajstić information content (AvgIpc) is 3.13. The van der Waals surface area contributed by atoms with Crippen LogP contribution in [0.25, 0.3) is 0 Å². The summed E-state index contributed by atoms with van der Waals surface area (Å²) in [5.74, 6) is -2.51. The molecule has 2 aliphatic heterocycles. The topological polar surface area (TPSA) is 91.5 Å². The molecule has 0 saturated carbocycles. The van der Waals surface area contributed by atoms with Crippen molar-refractivity contribution in [2.45, 2.75) is 45.0 Å². The molecule has 2 amide bonds. The van der Waals surface area contributed by atoms with Gasteiger partial charge in [0.05, 0.1) is 5.54 Å². The summed E-state index contributed by atoms with van der Waals surface area (Å²) in [4.78, 5) is 24.7. The lowest BCUT2D eigenvalue weighted by molar-refractivity contribution is -0.129. The van der Waals surface area contributed by atoms with Crippen molar-refractivity contribution >= 4 is 23.4 Å². The van der Waals surface area contributed by atoms with Gasteiger partial charge in [-0.15, -0.1) is 0 Å². The molecule has 30 heavy (non-hydrogen) atoms. The Morgan fingerprint density at radius 1 is 1.33 bits per heavy atom. The highest BCUT2D eigenvalue weighted by atomic mass is 35.5. The van der Waals surface area contributed by atoms with Gasteiger partial charge in [-0.1, -0.05) is 25.4 Å². The van der Waals surface area contributed by atoms with Crippen molar-refractivity contribution in [1.29, 1.82) is 0 Å². The second-order valence-electron chi connectivity index (χ2n) is 7.90. The fourth-order valence-electron chi connectivity index (χ4n) is 4.14. The van der Waals surface area contributed by atoms with E-state index in [9.17, 15) is 18.4 Å². The molecule has 7 nitrogen and oxygen atoms in total. The highest BCUT2D eigenvalue weighted by molar-refractivity contribution is 6.42. The van der Waals surface area contributed by atoms with Crippen LogP contribution in [0.3, 0.4) is 0 Å². The number of rotatable bonds is 6. The van der Waals surface area contributed by atoms with E-state index in [1.54, 1.807) is 0 Å². The Balaban J connectivity index is 1.94. The lowest BCUT2D eigenvalue weighted by atomic mass is 9.74. The molecule has 1 aromatic carbocycles. The van der Waals surface area contributed by atoms with Gasteiger partial charge < -0.3 is 26.0 Å². The predicted molar refractivity (Wildman–Crippen MR) is 107 cm³/mol. The third-order valence-corrected chi connectivity index (χ3v) is 5.94. The Morgan fingerprint density at radius 3 is 2.63 bits per heavy atom. The summed E-state index contributed by atoms with van der Waals surface area (Å²) in [6.45, 7) is 5.99. The van der Waals surface area contributed by atoms with Crippen LogP contribution < -0.4 is 21.3 Å². The van der Waals surface area contributed by atoms with Gasteiger partial charge in [-0.25, -0.2) is 8.78 Å². The molecule has 1 fully saturated rings. The van der Waals surface area contributed by atoms with Crippen molar-refractivity contribution in [2.24, 2.45) is 5.92 Å². The van der Waals surface area contributed by atoms with Gasteiger partial charge in [0.1, 0.15) is 23.9 Å². The third kappa shape index (κ3) is 3.96. The van der Waals surface area contributed by atoms with Gasteiger partial charge in [-0.3, -0.25) is 9.59 Å². The molecule has 0 bridgehead atoms. The Morgan fingerprint density at radius 2 is 2.07 bits per heavy atom. The summed E-state index contributed by atoms with van der Waals surface area (Å²) in [5, 5.41) is 12.1. The van der Waals surface area contributed by atoms with Crippen LogP contribution in [0.5, 0.6) is 0 Å². The van der Waals surface area contributed by atoms with Crippen molar-refractivity contribution in [3.05, 3.63) is 46.3 Å². The fourth-order valence-corrected chi connectivity index (χ4v) is 4.29. The Labute approximate surface area is 178 Å². The van der Waals surface area contributed by atoms with Crippen LogP contribution in [0.2, 0.25) is 0 Å². The molecule has 2 atom stereocenters. The average molecular weight is 443 g/mol. The Hall–Kier alpha value is -2.39. The number of amides is 2. The molecule has 3 rings (SSSR count). The van der Waals surface area contributed by atoms with Crippen molar-refractivity contribution in [3.8, 4) is 0 Å². The number of halogens is 3. The largest absolute Gasteiger partial charge is 0.473 e. The van der Waals surface area contributed by atoms with Gasteiger partial charge in [-0.05, 0) is 31.0 Å². The molecular weight excluding hydrogens is 418 g/mol. The molecule has 164 valence electrons. The zero-order valence-electron chi connectivity index (χ0n) is 17.0. The number of carbonyl (C=O) groups is 2. The SMILES string of the molecule is CC(=O)N[C@@]1(C2(C(C)C)NC(=O)C(Cl)=C(OCc3ccc(F)cc3F)N2)CCNC1. The zero-order chi connectivity index (χ0) is 22.1. The maximum Gasteiger partial charge on any atom is 0.270 e. The summed E-state index contributed by atoms with van der Waals surface area (Å²) in [6.07, 6.45) is 0.551. The lowest BCUT2D eigenvalue weighted by Gasteiger charge is -2.53. The van der Waals surface area contributed by atoms with E-state index in [-0.39, 0.29) is 34.9 Å². The smallest absolute Gasteiger partial charge is 0.270 e. The number of ether oxygens (including phenoxy) is 1. The van der Waals surface area contributed by atoms with Crippen molar-refractivity contribution < 1.29 is 23.1 Å². The summed E-state index contributed by atoms with van der Waals surface area (Å²) in [5.41, 5.74) is -1.86. The first-order chi connectivity index (χ1) is 14.1. The quantitative estimate of drug-likeness (QED) is 0.539. The number of hydrogen-bond acceptors (Lipinski definition) is 5. The van der Waals surface area contributed by atoms with Crippen LogP contribution >= 0.6 is 11.6 Å². The summed E-state index contributed by atoms with van der Waals surface area (Å²) in [7, 11) is 0. The van der Waals surface area contributed by atoms with E-state index in [2.05, 4.69) is 21.3 Å². The number of nitrogens with one attached hydrogen (secondary N) is 4. The van der Waals surface area contributed by atoms with E-state index in [1.165, 1.54) is 13.0 Å². The maximum atomic E-state index is 14.0. The van der Waals surface area contributed by atoms with E-state index in [4.69, 9.17) is 16.3 Å². The van der Waals surface area contributed by atoms with Crippen LogP contribution in [0.1, 0.15) is 32.8 Å². The van der Waals surface area contributed by atoms with E-state index in [0.29, 0.717) is 19.5 Å². The minimum absolute atomic E-state index is 0.0329. The second-order valence-corrected chi connectivity index (χ2v) is 8.28. The van der Waals surface area contributed by atoms with Gasteiger partial charge >= 0.3 is 0 Å². The molecule has 0 aromatic heterocycles. The van der Waals surface area contributed by atoms with Gasteiger partial charge in [0.25, 0.3) is 5.91 Å². The summed E-state index contributed by atoms with van der Waals surface area (Å²) < 4.78 is 32.8. The molecule has 0 spiro atoms. The third-order valence-electron chi connectivity index (χ3n) is 5.60. The van der Waals surface area contributed by atoms with Gasteiger partial charge in [0.15, 0.2) is 5.03 Å². The molecule has 2 aliphatic rings. The van der Waals surface area contributed by atoms with E-state index in [1.807, 2.05) is 13.8 Å². The van der Waals surface area contributed by atoms with Crippen LogP contribution in [0, 0.1) is 17.6 Å². The number of hydrogen-bond donors (Lipinski definition) is 4. The molecular formula is C20H25ClF2N4O3. The van der Waals surface area contributed by atoms with Crippen LogP contribution in [0.15, 0.2) is 29.1 Å². The van der Waals surface area contributed by atoms with Crippen LogP contribution in [-0.4, -0.2) is 36.1 Å². The molecule has 0 aliphatic carbocycles. The minimum Gasteiger partial charge on any atom is -0.473 e. The van der Waals surface area contributed by atoms with Crippen molar-refractivity contribution in [3.63, 3.8) is 0 Å². The first kappa shape index (κ1) is 22.3. The molecule has 2 heterocycles.